The summed E-state index contributed by atoms with van der Waals surface area (Å²) in [6.45, 7) is 6.13. The maximum absolute atomic E-state index is 12.2. The van der Waals surface area contributed by atoms with Gasteiger partial charge in [0.1, 0.15) is 0 Å². The molecule has 0 radical (unpaired) electrons. The van der Waals surface area contributed by atoms with Crippen molar-refractivity contribution in [3.05, 3.63) is 40.5 Å². The summed E-state index contributed by atoms with van der Waals surface area (Å²) in [6.07, 6.45) is 5.32. The van der Waals surface area contributed by atoms with Gasteiger partial charge in [-0.2, -0.15) is 4.98 Å². The smallest absolute Gasteiger partial charge is 0.227 e. The van der Waals surface area contributed by atoms with Crippen molar-refractivity contribution in [2.75, 3.05) is 43.0 Å². The van der Waals surface area contributed by atoms with Crippen LogP contribution in [-0.4, -0.2) is 59.6 Å². The molecule has 2 fully saturated rings. The molecule has 1 aromatic heterocycles. The van der Waals surface area contributed by atoms with E-state index in [9.17, 15) is 4.79 Å². The third kappa shape index (κ3) is 4.88. The number of halogens is 1. The summed E-state index contributed by atoms with van der Waals surface area (Å²) in [5.41, 5.74) is 2.34. The van der Waals surface area contributed by atoms with E-state index in [4.69, 9.17) is 26.3 Å². The minimum absolute atomic E-state index is 0.181. The van der Waals surface area contributed by atoms with Crippen molar-refractivity contribution >= 4 is 29.3 Å². The van der Waals surface area contributed by atoms with E-state index in [0.717, 1.165) is 80.0 Å². The van der Waals surface area contributed by atoms with E-state index >= 15 is 0 Å². The standard InChI is InChI=1S/C25H32ClN5O2/c1-2-12-31-16-20(7-8-22(31)32)27-24-23-21(11-15-33-23)28-25(29-24)30-13-9-18(10-14-30)17-3-5-19(26)6-4-17/h3-6,18,20H,2,7-16H2,1H3,(H,27,28,29)/t20-/m0/s1. The second kappa shape index (κ2) is 9.75. The maximum atomic E-state index is 12.2. The van der Waals surface area contributed by atoms with E-state index in [1.807, 2.05) is 17.0 Å². The average Bonchev–Trinajstić information content (AvgIpc) is 3.31. The summed E-state index contributed by atoms with van der Waals surface area (Å²) in [5.74, 6) is 3.15. The van der Waals surface area contributed by atoms with Crippen molar-refractivity contribution in [3.63, 3.8) is 0 Å². The fraction of sp³-hybridized carbons (Fsp3) is 0.560. The van der Waals surface area contributed by atoms with Gasteiger partial charge in [-0.25, -0.2) is 4.98 Å². The molecule has 1 amide bonds. The summed E-state index contributed by atoms with van der Waals surface area (Å²) in [4.78, 5) is 26.3. The van der Waals surface area contributed by atoms with Crippen LogP contribution in [0.4, 0.5) is 11.8 Å². The fourth-order valence-corrected chi connectivity index (χ4v) is 5.28. The summed E-state index contributed by atoms with van der Waals surface area (Å²) >= 11 is 6.06. The number of ether oxygens (including phenoxy) is 1. The Labute approximate surface area is 200 Å². The van der Waals surface area contributed by atoms with Crippen LogP contribution in [0.5, 0.6) is 5.75 Å². The van der Waals surface area contributed by atoms with Gasteiger partial charge in [0.2, 0.25) is 11.9 Å². The minimum atomic E-state index is 0.181. The molecule has 3 aliphatic heterocycles. The molecule has 5 rings (SSSR count). The molecule has 7 nitrogen and oxygen atoms in total. The summed E-state index contributed by atoms with van der Waals surface area (Å²) in [6, 6.07) is 8.42. The molecule has 33 heavy (non-hydrogen) atoms. The second-order valence-corrected chi connectivity index (χ2v) is 9.72. The Morgan fingerprint density at radius 3 is 2.67 bits per heavy atom. The topological polar surface area (TPSA) is 70.6 Å². The predicted molar refractivity (Wildman–Crippen MR) is 130 cm³/mol. The van der Waals surface area contributed by atoms with Crippen LogP contribution in [0.15, 0.2) is 24.3 Å². The minimum Gasteiger partial charge on any atom is -0.487 e. The van der Waals surface area contributed by atoms with E-state index in [1.54, 1.807) is 0 Å². The van der Waals surface area contributed by atoms with Gasteiger partial charge in [0.25, 0.3) is 0 Å². The highest BCUT2D eigenvalue weighted by Crippen LogP contribution is 2.36. The second-order valence-electron chi connectivity index (χ2n) is 9.28. The highest BCUT2D eigenvalue weighted by molar-refractivity contribution is 6.30. The molecule has 4 heterocycles. The molecule has 0 bridgehead atoms. The maximum Gasteiger partial charge on any atom is 0.227 e. The summed E-state index contributed by atoms with van der Waals surface area (Å²) < 4.78 is 5.90. The number of carbonyl (C=O) groups excluding carboxylic acids is 1. The number of nitrogens with zero attached hydrogens (tertiary/aromatic N) is 4. The Morgan fingerprint density at radius 1 is 1.12 bits per heavy atom. The van der Waals surface area contributed by atoms with Crippen LogP contribution in [0.25, 0.3) is 0 Å². The highest BCUT2D eigenvalue weighted by atomic mass is 35.5. The number of rotatable bonds is 6. The van der Waals surface area contributed by atoms with Crippen LogP contribution in [-0.2, 0) is 11.2 Å². The van der Waals surface area contributed by atoms with Crippen molar-refractivity contribution in [1.29, 1.82) is 0 Å². The normalized spacial score (nSPS) is 21.2. The number of hydrogen-bond donors (Lipinski definition) is 1. The third-order valence-electron chi connectivity index (χ3n) is 6.96. The highest BCUT2D eigenvalue weighted by Gasteiger charge is 2.30. The van der Waals surface area contributed by atoms with Crippen LogP contribution >= 0.6 is 11.6 Å². The van der Waals surface area contributed by atoms with Crippen molar-refractivity contribution in [3.8, 4) is 5.75 Å². The number of piperidine rings is 2. The number of anilines is 2. The lowest BCUT2D eigenvalue weighted by Gasteiger charge is -2.34. The van der Waals surface area contributed by atoms with Crippen LogP contribution in [0.2, 0.25) is 5.02 Å². The van der Waals surface area contributed by atoms with Gasteiger partial charge < -0.3 is 19.9 Å². The Balaban J connectivity index is 1.29. The molecule has 0 spiro atoms. The van der Waals surface area contributed by atoms with Crippen molar-refractivity contribution in [1.82, 2.24) is 14.9 Å². The SMILES string of the molecule is CCCN1C[C@@H](Nc2nc(N3CCC(c4ccc(Cl)cc4)CC3)nc3c2OCC3)CCC1=O. The first-order valence-corrected chi connectivity index (χ1v) is 12.6. The quantitative estimate of drug-likeness (QED) is 0.681. The summed E-state index contributed by atoms with van der Waals surface area (Å²) in [7, 11) is 0. The van der Waals surface area contributed by atoms with Crippen LogP contribution in [0.3, 0.4) is 0 Å². The van der Waals surface area contributed by atoms with Crippen LogP contribution in [0, 0.1) is 0 Å². The number of amides is 1. The van der Waals surface area contributed by atoms with Gasteiger partial charge in [0.05, 0.1) is 12.3 Å². The van der Waals surface area contributed by atoms with Crippen molar-refractivity contribution < 1.29 is 9.53 Å². The number of aromatic nitrogens is 2. The first kappa shape index (κ1) is 22.3. The Hall–Kier alpha value is -2.54. The van der Waals surface area contributed by atoms with E-state index in [1.165, 1.54) is 5.56 Å². The lowest BCUT2D eigenvalue weighted by atomic mass is 9.89. The Kier molecular flexibility index (Phi) is 6.58. The molecule has 2 saturated heterocycles. The zero-order valence-corrected chi connectivity index (χ0v) is 20.0. The average molecular weight is 470 g/mol. The molecule has 8 heteroatoms. The first-order valence-electron chi connectivity index (χ1n) is 12.2. The van der Waals surface area contributed by atoms with Crippen LogP contribution in [0.1, 0.15) is 56.2 Å². The zero-order chi connectivity index (χ0) is 22.8. The molecular weight excluding hydrogens is 438 g/mol. The molecule has 0 saturated carbocycles. The molecule has 1 atom stereocenters. The molecule has 3 aliphatic rings. The van der Waals surface area contributed by atoms with Gasteiger partial charge >= 0.3 is 0 Å². The molecule has 1 N–H and O–H groups in total. The summed E-state index contributed by atoms with van der Waals surface area (Å²) in [5, 5.41) is 4.38. The number of benzene rings is 1. The largest absolute Gasteiger partial charge is 0.487 e. The number of nitrogens with one attached hydrogen (secondary N) is 1. The van der Waals surface area contributed by atoms with E-state index in [-0.39, 0.29) is 11.9 Å². The monoisotopic (exact) mass is 469 g/mol. The third-order valence-corrected chi connectivity index (χ3v) is 7.21. The van der Waals surface area contributed by atoms with E-state index in [0.29, 0.717) is 25.5 Å². The van der Waals surface area contributed by atoms with Gasteiger partial charge in [0, 0.05) is 50.1 Å². The molecule has 0 unspecified atom stereocenters. The van der Waals surface area contributed by atoms with Crippen LogP contribution < -0.4 is 15.0 Å². The number of likely N-dealkylation sites (tertiary alicyclic amines) is 1. The number of fused-ring (bicyclic) bond motifs is 1. The fourth-order valence-electron chi connectivity index (χ4n) is 5.15. The number of hydrogen-bond acceptors (Lipinski definition) is 6. The first-order chi connectivity index (χ1) is 16.1. The van der Waals surface area contributed by atoms with Gasteiger partial charge in [-0.3, -0.25) is 4.79 Å². The molecule has 1 aromatic carbocycles. The predicted octanol–water partition coefficient (Wildman–Crippen LogP) is 4.26. The molecule has 176 valence electrons. The van der Waals surface area contributed by atoms with Gasteiger partial charge in [0.15, 0.2) is 11.6 Å². The van der Waals surface area contributed by atoms with Gasteiger partial charge in [-0.1, -0.05) is 30.7 Å². The molecular formula is C25H32ClN5O2. The zero-order valence-electron chi connectivity index (χ0n) is 19.2. The van der Waals surface area contributed by atoms with E-state index in [2.05, 4.69) is 29.3 Å². The Bertz CT molecular complexity index is 991. The van der Waals surface area contributed by atoms with E-state index < -0.39 is 0 Å². The van der Waals surface area contributed by atoms with Crippen molar-refractivity contribution in [2.24, 2.45) is 0 Å². The lowest BCUT2D eigenvalue weighted by molar-refractivity contribution is -0.133. The van der Waals surface area contributed by atoms with Gasteiger partial charge in [-0.05, 0) is 49.3 Å². The van der Waals surface area contributed by atoms with Gasteiger partial charge in [-0.15, -0.1) is 0 Å². The number of carbonyl (C=O) groups is 1. The Morgan fingerprint density at radius 2 is 1.91 bits per heavy atom. The lowest BCUT2D eigenvalue weighted by Crippen LogP contribution is -2.45. The molecule has 2 aromatic rings. The van der Waals surface area contributed by atoms with Crippen molar-refractivity contribution in [2.45, 2.75) is 57.4 Å². The molecule has 0 aliphatic carbocycles.